The summed E-state index contributed by atoms with van der Waals surface area (Å²) in [6.07, 6.45) is 7.76. The summed E-state index contributed by atoms with van der Waals surface area (Å²) in [7, 11) is 0. The minimum Gasteiger partial charge on any atom is -0.508 e. The van der Waals surface area contributed by atoms with E-state index in [1.54, 1.807) is 70.2 Å². The number of hydrogen-bond donors (Lipinski definition) is 13. The third-order valence-corrected chi connectivity index (χ3v) is 15.9. The molecule has 1 aliphatic heterocycles. The van der Waals surface area contributed by atoms with E-state index in [9.17, 15) is 53.4 Å². The van der Waals surface area contributed by atoms with Crippen LogP contribution in [0.15, 0.2) is 92.2 Å². The molecular formula is C65H93N15O12. The van der Waals surface area contributed by atoms with Gasteiger partial charge in [0, 0.05) is 80.2 Å². The predicted molar refractivity (Wildman–Crippen MR) is 340 cm³/mol. The molecule has 92 heavy (non-hydrogen) atoms. The van der Waals surface area contributed by atoms with E-state index < -0.39 is 125 Å². The topological polar surface area (TPSA) is 403 Å². The van der Waals surface area contributed by atoms with Gasteiger partial charge in [-0.15, -0.1) is 0 Å². The summed E-state index contributed by atoms with van der Waals surface area (Å²) >= 11 is 0. The molecule has 5 aromatic rings. The molecule has 11 atom stereocenters. The van der Waals surface area contributed by atoms with Crippen LogP contribution in [0.3, 0.4) is 0 Å². The molecule has 0 radical (unpaired) electrons. The van der Waals surface area contributed by atoms with Gasteiger partial charge in [0.2, 0.25) is 47.3 Å². The molecule has 500 valence electrons. The molecule has 27 heteroatoms. The average Bonchev–Trinajstić information content (AvgIpc) is 2.21. The summed E-state index contributed by atoms with van der Waals surface area (Å²) in [5.41, 5.74) is 7.62. The van der Waals surface area contributed by atoms with Crippen LogP contribution in [-0.4, -0.2) is 165 Å². The Morgan fingerprint density at radius 2 is 1.11 bits per heavy atom. The Kier molecular flexibility index (Phi) is 26.8. The zero-order chi connectivity index (χ0) is 67.2. The van der Waals surface area contributed by atoms with Gasteiger partial charge in [0.25, 0.3) is 0 Å². The second kappa shape index (κ2) is 34.3. The molecule has 0 bridgehead atoms. The fourth-order valence-electron chi connectivity index (χ4n) is 11.1. The number of nitrogens with one attached hydrogen (secondary N) is 10. The number of benzene rings is 2. The number of H-pyrrole nitrogens is 3. The standard InChI is InChI=1S/C65H93N15O12/c1-10-39(6)55(62(89)74-48(56(66)83)28-43-31-67-34-70-43)79-60(87)50(26-41-18-20-46(81)21-19-41)75-57(84)42(23-37(2)3)27-54(82)47(24-38(4)5)73-59(86)51(29-44-32-68-35-71-44)76-58(85)49(25-40-15-12-11-13-16-40)77-61(88)53-17-14-22-80(53)63(90)52(30-45-33-69-36-72-45)78-64(91)92-65(7,8)9/h11-13,15-16,18-21,31-39,42,47-55,81-82H,10,14,17,22-30H2,1-9H3,(H2,66,83)(H,67,70)(H,68,71)(H,69,72)(H,73,86)(H,74,89)(H,75,84)(H,76,85)(H,77,88)(H,78,91)(H,79,87)/t39-,42-,47-,48-,49-,50-,51-,52-,53-,54-,55-/m0/s1. The summed E-state index contributed by atoms with van der Waals surface area (Å²) in [5.74, 6) is -7.11. The minimum absolute atomic E-state index is 0.00843. The van der Waals surface area contributed by atoms with Crippen molar-refractivity contribution in [1.29, 1.82) is 0 Å². The predicted octanol–water partition coefficient (Wildman–Crippen LogP) is 2.86. The van der Waals surface area contributed by atoms with Crippen LogP contribution in [0.25, 0.3) is 0 Å². The second-order valence-corrected chi connectivity index (χ2v) is 25.7. The quantitative estimate of drug-likeness (QED) is 0.0282. The molecule has 9 amide bonds. The number of ether oxygens (including phenoxy) is 1. The molecule has 27 nitrogen and oxygen atoms in total. The van der Waals surface area contributed by atoms with E-state index in [1.165, 1.54) is 54.6 Å². The highest BCUT2D eigenvalue weighted by molar-refractivity contribution is 5.97. The molecule has 1 fully saturated rings. The van der Waals surface area contributed by atoms with Gasteiger partial charge in [-0.2, -0.15) is 0 Å². The number of nitrogens with zero attached hydrogens (tertiary/aromatic N) is 4. The number of aromatic nitrogens is 6. The maximum absolute atomic E-state index is 14.9. The van der Waals surface area contributed by atoms with Crippen molar-refractivity contribution in [3.05, 3.63) is 120 Å². The number of aromatic amines is 3. The molecule has 4 heterocycles. The number of nitrogens with two attached hydrogens (primary N) is 1. The van der Waals surface area contributed by atoms with Crippen molar-refractivity contribution in [2.75, 3.05) is 6.54 Å². The summed E-state index contributed by atoms with van der Waals surface area (Å²) in [6, 6.07) is 5.50. The first-order valence-electron chi connectivity index (χ1n) is 31.5. The Morgan fingerprint density at radius 3 is 1.64 bits per heavy atom. The van der Waals surface area contributed by atoms with Crippen LogP contribution in [0.5, 0.6) is 5.75 Å². The number of hydrogen-bond acceptors (Lipinski definition) is 15. The van der Waals surface area contributed by atoms with Crippen molar-refractivity contribution in [2.24, 2.45) is 29.4 Å². The number of phenols is 1. The fourth-order valence-corrected chi connectivity index (χ4v) is 11.1. The lowest BCUT2D eigenvalue weighted by atomic mass is 9.86. The second-order valence-electron chi connectivity index (χ2n) is 25.7. The molecule has 0 aliphatic carbocycles. The van der Waals surface area contributed by atoms with Gasteiger partial charge in [0.05, 0.1) is 31.1 Å². The Labute approximate surface area is 536 Å². The summed E-state index contributed by atoms with van der Waals surface area (Å²) < 4.78 is 5.49. The van der Waals surface area contributed by atoms with E-state index >= 15 is 0 Å². The third kappa shape index (κ3) is 22.7. The number of likely N-dealkylation sites (tertiary alicyclic amines) is 1. The Morgan fingerprint density at radius 1 is 0.609 bits per heavy atom. The Balaban J connectivity index is 1.22. The van der Waals surface area contributed by atoms with Crippen molar-refractivity contribution < 1.29 is 58.1 Å². The molecule has 1 aliphatic rings. The van der Waals surface area contributed by atoms with Crippen LogP contribution in [-0.2, 0) is 75.2 Å². The van der Waals surface area contributed by atoms with Gasteiger partial charge in [-0.1, -0.05) is 90.4 Å². The Bertz CT molecular complexity index is 3170. The van der Waals surface area contributed by atoms with Crippen molar-refractivity contribution >= 4 is 53.4 Å². The van der Waals surface area contributed by atoms with Crippen molar-refractivity contribution in [2.45, 2.75) is 193 Å². The average molecular weight is 1280 g/mol. The molecule has 0 spiro atoms. The minimum atomic E-state index is -1.37. The largest absolute Gasteiger partial charge is 0.508 e. The maximum atomic E-state index is 14.9. The number of aliphatic hydroxyl groups is 1. The molecule has 3 aromatic heterocycles. The van der Waals surface area contributed by atoms with Gasteiger partial charge in [0.15, 0.2) is 0 Å². The first kappa shape index (κ1) is 71.9. The van der Waals surface area contributed by atoms with Crippen molar-refractivity contribution in [3.8, 4) is 5.75 Å². The zero-order valence-electron chi connectivity index (χ0n) is 54.0. The highest BCUT2D eigenvalue weighted by Crippen LogP contribution is 2.25. The number of primary amides is 1. The number of imidazole rings is 3. The smallest absolute Gasteiger partial charge is 0.408 e. The molecule has 0 unspecified atom stereocenters. The first-order valence-corrected chi connectivity index (χ1v) is 31.5. The third-order valence-electron chi connectivity index (χ3n) is 15.9. The number of amides is 9. The molecular weight excluding hydrogens is 1180 g/mol. The lowest BCUT2D eigenvalue weighted by Gasteiger charge is -2.32. The first-order chi connectivity index (χ1) is 43.7. The number of rotatable bonds is 34. The highest BCUT2D eigenvalue weighted by atomic mass is 16.6. The van der Waals surface area contributed by atoms with Crippen LogP contribution >= 0.6 is 0 Å². The SMILES string of the molecule is CC[C@H](C)[C@H](NC(=O)[C@H](Cc1ccc(O)cc1)NC(=O)[C@@H](CC(C)C)C[C@H](O)[C@H](CC(C)C)NC(=O)[C@H](Cc1cnc[nH]1)NC(=O)[C@H](Cc1ccccc1)NC(=O)[C@@H]1CCCN1C(=O)[C@H](Cc1cnc[nH]1)NC(=O)OC(C)(C)C)C(=O)N[C@@H](Cc1cnc[nH]1)C(N)=O. The normalized spacial score (nSPS) is 16.5. The zero-order valence-corrected chi connectivity index (χ0v) is 54.0. The van der Waals surface area contributed by atoms with Gasteiger partial charge >= 0.3 is 6.09 Å². The van der Waals surface area contributed by atoms with Gasteiger partial charge in [-0.05, 0) is 93.9 Å². The number of alkyl carbamates (subject to hydrolysis) is 1. The van der Waals surface area contributed by atoms with Gasteiger partial charge in [-0.3, -0.25) is 38.4 Å². The van der Waals surface area contributed by atoms with E-state index in [0.717, 1.165) is 0 Å². The number of phenolic OH excluding ortho intramolecular Hbond substituents is 1. The molecule has 1 saturated heterocycles. The Hall–Kier alpha value is -9.14. The molecule has 14 N–H and O–H groups in total. The maximum Gasteiger partial charge on any atom is 0.408 e. The number of carbonyl (C=O) groups is 9. The summed E-state index contributed by atoms with van der Waals surface area (Å²) in [5, 5.41) is 42.3. The molecule has 2 aromatic carbocycles. The lowest BCUT2D eigenvalue weighted by Crippen LogP contribution is -2.60. The molecule has 0 saturated carbocycles. The van der Waals surface area contributed by atoms with E-state index in [4.69, 9.17) is 10.5 Å². The van der Waals surface area contributed by atoms with Crippen LogP contribution < -0.4 is 43.0 Å². The summed E-state index contributed by atoms with van der Waals surface area (Å²) in [6.45, 7) is 16.4. The number of aliphatic hydroxyl groups excluding tert-OH is 1. The van der Waals surface area contributed by atoms with Crippen LogP contribution in [0.4, 0.5) is 4.79 Å². The molecule has 6 rings (SSSR count). The van der Waals surface area contributed by atoms with Gasteiger partial charge in [-0.25, -0.2) is 19.7 Å². The van der Waals surface area contributed by atoms with Crippen molar-refractivity contribution in [3.63, 3.8) is 0 Å². The van der Waals surface area contributed by atoms with E-state index in [-0.39, 0.29) is 81.9 Å². The fraction of sp³-hybridized carbons (Fsp3) is 0.538. The van der Waals surface area contributed by atoms with Gasteiger partial charge < -0.3 is 77.8 Å². The number of carbonyl (C=O) groups excluding carboxylic acids is 9. The van der Waals surface area contributed by atoms with E-state index in [2.05, 4.69) is 67.1 Å². The van der Waals surface area contributed by atoms with E-state index in [0.29, 0.717) is 41.1 Å². The highest BCUT2D eigenvalue weighted by Gasteiger charge is 2.41. The van der Waals surface area contributed by atoms with Crippen LogP contribution in [0.2, 0.25) is 0 Å². The van der Waals surface area contributed by atoms with Crippen molar-refractivity contribution in [1.82, 2.24) is 72.0 Å². The number of aromatic hydroxyl groups is 1. The van der Waals surface area contributed by atoms with Crippen LogP contribution in [0.1, 0.15) is 129 Å². The van der Waals surface area contributed by atoms with Gasteiger partial charge in [0.1, 0.15) is 53.6 Å². The van der Waals surface area contributed by atoms with E-state index in [1.807, 2.05) is 34.6 Å². The lowest BCUT2D eigenvalue weighted by molar-refractivity contribution is -0.141. The summed E-state index contributed by atoms with van der Waals surface area (Å²) in [4.78, 5) is 150. The van der Waals surface area contributed by atoms with Crippen LogP contribution in [0, 0.1) is 23.7 Å². The monoisotopic (exact) mass is 1280 g/mol.